The predicted molar refractivity (Wildman–Crippen MR) is 51.6 cm³/mol. The van der Waals surface area contributed by atoms with Crippen LogP contribution in [0.3, 0.4) is 0 Å². The van der Waals surface area contributed by atoms with Crippen molar-refractivity contribution >= 4 is 5.97 Å². The summed E-state index contributed by atoms with van der Waals surface area (Å²) in [7, 11) is 1.44. The number of carbonyl (C=O) groups excluding carboxylic acids is 1. The van der Waals surface area contributed by atoms with Crippen LogP contribution in [-0.2, 0) is 9.53 Å². The average molecular weight is 196 g/mol. The summed E-state index contributed by atoms with van der Waals surface area (Å²) in [4.78, 5) is 11.3. The smallest absolute Gasteiger partial charge is 0.308 e. The maximum absolute atomic E-state index is 11.3. The molecule has 0 saturated heterocycles. The van der Waals surface area contributed by atoms with Gasteiger partial charge in [-0.05, 0) is 31.6 Å². The normalized spacial score (nSPS) is 36.1. The maximum atomic E-state index is 11.3. The van der Waals surface area contributed by atoms with Gasteiger partial charge in [0.15, 0.2) is 0 Å². The minimum Gasteiger partial charge on any atom is -0.469 e. The minimum atomic E-state index is -0.294. The van der Waals surface area contributed by atoms with E-state index >= 15 is 0 Å². The summed E-state index contributed by atoms with van der Waals surface area (Å²) in [6, 6.07) is 0. The van der Waals surface area contributed by atoms with Crippen LogP contribution < -0.4 is 0 Å². The molecule has 0 aromatic heterocycles. The molecule has 3 atom stereocenters. The van der Waals surface area contributed by atoms with Crippen LogP contribution >= 0.6 is 0 Å². The lowest BCUT2D eigenvalue weighted by molar-refractivity contribution is -0.145. The van der Waals surface area contributed by atoms with Crippen molar-refractivity contribution in [1.82, 2.24) is 0 Å². The van der Waals surface area contributed by atoms with Crippen molar-refractivity contribution in [2.45, 2.75) is 31.8 Å². The Hall–Kier alpha value is -0.830. The van der Waals surface area contributed by atoms with Gasteiger partial charge in [-0.15, -0.1) is 0 Å². The van der Waals surface area contributed by atoms with Gasteiger partial charge in [0.25, 0.3) is 0 Å². The predicted octanol–water partition coefficient (Wildman–Crippen LogP) is 1.27. The molecule has 14 heavy (non-hydrogen) atoms. The highest BCUT2D eigenvalue weighted by Gasteiger charge is 2.36. The molecule has 0 radical (unpaired) electrons. The van der Waals surface area contributed by atoms with Crippen molar-refractivity contribution in [3.63, 3.8) is 0 Å². The fourth-order valence-corrected chi connectivity index (χ4v) is 2.59. The van der Waals surface area contributed by atoms with E-state index in [1.54, 1.807) is 0 Å². The van der Waals surface area contributed by atoms with Crippen molar-refractivity contribution in [2.24, 2.45) is 11.8 Å². The standard InChI is InChI=1S/C11H16O3/c1-14-11(13)9-4-7-2-3-10(12)6-8(7)5-9/h6-7,9-10,12H,2-5H2,1H3/t7-,9-,10+/m0/s1. The van der Waals surface area contributed by atoms with Crippen molar-refractivity contribution < 1.29 is 14.6 Å². The molecule has 2 aliphatic carbocycles. The van der Waals surface area contributed by atoms with E-state index in [9.17, 15) is 9.90 Å². The van der Waals surface area contributed by atoms with E-state index in [1.807, 2.05) is 6.08 Å². The van der Waals surface area contributed by atoms with Gasteiger partial charge in [0.1, 0.15) is 0 Å². The van der Waals surface area contributed by atoms with Gasteiger partial charge in [0, 0.05) is 0 Å². The first-order valence-corrected chi connectivity index (χ1v) is 5.17. The molecular formula is C11H16O3. The average Bonchev–Trinajstić information content (AvgIpc) is 2.59. The molecule has 0 aromatic rings. The zero-order chi connectivity index (χ0) is 10.1. The lowest BCUT2D eigenvalue weighted by atomic mass is 9.89. The zero-order valence-electron chi connectivity index (χ0n) is 8.40. The summed E-state index contributed by atoms with van der Waals surface area (Å²) in [6.45, 7) is 0. The van der Waals surface area contributed by atoms with E-state index in [0.717, 1.165) is 25.7 Å². The second kappa shape index (κ2) is 3.73. The Bertz CT molecular complexity index is 270. The van der Waals surface area contributed by atoms with Crippen LogP contribution in [0.1, 0.15) is 25.7 Å². The van der Waals surface area contributed by atoms with Gasteiger partial charge in [0.2, 0.25) is 0 Å². The van der Waals surface area contributed by atoms with Crippen LogP contribution in [-0.4, -0.2) is 24.3 Å². The Morgan fingerprint density at radius 1 is 1.57 bits per heavy atom. The number of rotatable bonds is 1. The Morgan fingerprint density at radius 2 is 2.36 bits per heavy atom. The summed E-state index contributed by atoms with van der Waals surface area (Å²) >= 11 is 0. The second-order valence-electron chi connectivity index (χ2n) is 4.24. The number of methoxy groups -OCH3 is 1. The number of carbonyl (C=O) groups is 1. The molecule has 0 unspecified atom stereocenters. The SMILES string of the molecule is COC(=O)[C@@H]1CC2=C[C@H](O)CC[C@H]2C1. The third kappa shape index (κ3) is 1.69. The van der Waals surface area contributed by atoms with E-state index in [1.165, 1.54) is 12.7 Å². The van der Waals surface area contributed by atoms with Crippen LogP contribution in [0.25, 0.3) is 0 Å². The first-order chi connectivity index (χ1) is 6.70. The maximum Gasteiger partial charge on any atom is 0.308 e. The third-order valence-electron chi connectivity index (χ3n) is 3.33. The lowest BCUT2D eigenvalue weighted by Gasteiger charge is -2.20. The molecule has 78 valence electrons. The highest BCUT2D eigenvalue weighted by Crippen LogP contribution is 2.42. The Kier molecular flexibility index (Phi) is 2.59. The molecule has 3 heteroatoms. The zero-order valence-corrected chi connectivity index (χ0v) is 8.40. The monoisotopic (exact) mass is 196 g/mol. The third-order valence-corrected chi connectivity index (χ3v) is 3.33. The van der Waals surface area contributed by atoms with Crippen LogP contribution in [0.2, 0.25) is 0 Å². The molecule has 0 amide bonds. The second-order valence-corrected chi connectivity index (χ2v) is 4.24. The van der Waals surface area contributed by atoms with E-state index in [-0.39, 0.29) is 18.0 Å². The van der Waals surface area contributed by atoms with E-state index in [0.29, 0.717) is 5.92 Å². The van der Waals surface area contributed by atoms with Crippen molar-refractivity contribution in [2.75, 3.05) is 7.11 Å². The number of allylic oxidation sites excluding steroid dienone is 1. The van der Waals surface area contributed by atoms with Crippen LogP contribution in [0, 0.1) is 11.8 Å². The van der Waals surface area contributed by atoms with Crippen LogP contribution in [0.4, 0.5) is 0 Å². The fraction of sp³-hybridized carbons (Fsp3) is 0.727. The van der Waals surface area contributed by atoms with Gasteiger partial charge < -0.3 is 9.84 Å². The Labute approximate surface area is 83.8 Å². The van der Waals surface area contributed by atoms with Crippen molar-refractivity contribution in [3.05, 3.63) is 11.6 Å². The first kappa shape index (κ1) is 9.71. The Morgan fingerprint density at radius 3 is 3.07 bits per heavy atom. The summed E-state index contributed by atoms with van der Waals surface area (Å²) < 4.78 is 4.74. The Balaban J connectivity index is 2.06. The molecular weight excluding hydrogens is 180 g/mol. The van der Waals surface area contributed by atoms with Crippen LogP contribution in [0.5, 0.6) is 0 Å². The van der Waals surface area contributed by atoms with Crippen molar-refractivity contribution in [3.8, 4) is 0 Å². The molecule has 0 aliphatic heterocycles. The fourth-order valence-electron chi connectivity index (χ4n) is 2.59. The molecule has 3 nitrogen and oxygen atoms in total. The first-order valence-electron chi connectivity index (χ1n) is 5.17. The van der Waals surface area contributed by atoms with Gasteiger partial charge in [-0.3, -0.25) is 4.79 Å². The largest absolute Gasteiger partial charge is 0.469 e. The van der Waals surface area contributed by atoms with Gasteiger partial charge in [-0.1, -0.05) is 11.6 Å². The van der Waals surface area contributed by atoms with Gasteiger partial charge in [0.05, 0.1) is 19.1 Å². The number of esters is 1. The number of fused-ring (bicyclic) bond motifs is 1. The highest BCUT2D eigenvalue weighted by atomic mass is 16.5. The quantitative estimate of drug-likeness (QED) is 0.507. The van der Waals surface area contributed by atoms with E-state index in [4.69, 9.17) is 4.74 Å². The highest BCUT2D eigenvalue weighted by molar-refractivity contribution is 5.73. The molecule has 0 bridgehead atoms. The minimum absolute atomic E-state index is 0.0292. The van der Waals surface area contributed by atoms with E-state index in [2.05, 4.69) is 0 Å². The van der Waals surface area contributed by atoms with Gasteiger partial charge in [-0.25, -0.2) is 0 Å². The van der Waals surface area contributed by atoms with Gasteiger partial charge >= 0.3 is 5.97 Å². The van der Waals surface area contributed by atoms with Crippen molar-refractivity contribution in [1.29, 1.82) is 0 Å². The van der Waals surface area contributed by atoms with Gasteiger partial charge in [-0.2, -0.15) is 0 Å². The van der Waals surface area contributed by atoms with E-state index < -0.39 is 0 Å². The molecule has 0 heterocycles. The molecule has 1 saturated carbocycles. The summed E-state index contributed by atoms with van der Waals surface area (Å²) in [5.41, 5.74) is 1.26. The number of hydrogen-bond acceptors (Lipinski definition) is 3. The lowest BCUT2D eigenvalue weighted by Crippen LogP contribution is -2.14. The summed E-state index contributed by atoms with van der Waals surface area (Å²) in [5, 5.41) is 9.45. The molecule has 1 fully saturated rings. The topological polar surface area (TPSA) is 46.5 Å². The molecule has 1 N–H and O–H groups in total. The number of aliphatic hydroxyl groups excluding tert-OH is 1. The number of hydrogen-bond donors (Lipinski definition) is 1. The molecule has 0 aromatic carbocycles. The molecule has 0 spiro atoms. The number of ether oxygens (including phenoxy) is 1. The molecule has 2 rings (SSSR count). The molecule has 2 aliphatic rings. The number of aliphatic hydroxyl groups is 1. The summed E-state index contributed by atoms with van der Waals surface area (Å²) in [6.07, 6.45) is 5.18. The summed E-state index contributed by atoms with van der Waals surface area (Å²) in [5.74, 6) is 0.443. The van der Waals surface area contributed by atoms with Crippen LogP contribution in [0.15, 0.2) is 11.6 Å².